The number of aromatic nitrogens is 1. The first-order valence-electron chi connectivity index (χ1n) is 6.77. The van der Waals surface area contributed by atoms with E-state index in [0.717, 1.165) is 32.1 Å². The number of aliphatic hydroxyl groups is 1. The van der Waals surface area contributed by atoms with Gasteiger partial charge in [-0.2, -0.15) is 0 Å². The Bertz CT molecular complexity index is 583. The topological polar surface area (TPSA) is 99.3 Å². The molecule has 1 aromatic rings. The van der Waals surface area contributed by atoms with Gasteiger partial charge in [0.1, 0.15) is 0 Å². The highest BCUT2D eigenvalue weighted by Gasteiger charge is 2.32. The van der Waals surface area contributed by atoms with Crippen LogP contribution in [-0.2, 0) is 10.0 Å². The van der Waals surface area contributed by atoms with Crippen LogP contribution in [0.3, 0.4) is 0 Å². The average Bonchev–Trinajstić information content (AvgIpc) is 2.47. The molecule has 1 fully saturated rings. The molecule has 0 aliphatic heterocycles. The number of rotatable bonds is 5. The lowest BCUT2D eigenvalue weighted by Crippen LogP contribution is -2.41. The van der Waals surface area contributed by atoms with Crippen molar-refractivity contribution in [2.45, 2.75) is 37.0 Å². The third kappa shape index (κ3) is 3.47. The second kappa shape index (κ2) is 6.07. The first-order chi connectivity index (χ1) is 9.47. The summed E-state index contributed by atoms with van der Waals surface area (Å²) in [7, 11) is -3.66. The van der Waals surface area contributed by atoms with Gasteiger partial charge in [0.2, 0.25) is 15.6 Å². The Labute approximate surface area is 118 Å². The van der Waals surface area contributed by atoms with Crippen molar-refractivity contribution >= 4 is 10.0 Å². The molecule has 0 radical (unpaired) electrons. The van der Waals surface area contributed by atoms with Gasteiger partial charge in [-0.05, 0) is 18.9 Å². The summed E-state index contributed by atoms with van der Waals surface area (Å²) in [4.78, 5) is 13.3. The van der Waals surface area contributed by atoms with Gasteiger partial charge in [-0.25, -0.2) is 13.1 Å². The van der Waals surface area contributed by atoms with Crippen LogP contribution in [0.5, 0.6) is 0 Å². The van der Waals surface area contributed by atoms with Gasteiger partial charge in [0.15, 0.2) is 0 Å². The molecule has 1 aromatic heterocycles. The van der Waals surface area contributed by atoms with Crippen molar-refractivity contribution in [1.29, 1.82) is 0 Å². The van der Waals surface area contributed by atoms with Gasteiger partial charge in [-0.1, -0.05) is 19.3 Å². The second-order valence-corrected chi connectivity index (χ2v) is 7.20. The Morgan fingerprint density at radius 2 is 1.95 bits per heavy atom. The predicted octanol–water partition coefficient (Wildman–Crippen LogP) is 0.596. The fourth-order valence-corrected chi connectivity index (χ4v) is 3.71. The van der Waals surface area contributed by atoms with Gasteiger partial charge < -0.3 is 10.1 Å². The van der Waals surface area contributed by atoms with Crippen LogP contribution in [0.25, 0.3) is 0 Å². The number of H-pyrrole nitrogens is 1. The molecule has 1 aliphatic carbocycles. The molecule has 7 heteroatoms. The molecule has 112 valence electrons. The Balaban J connectivity index is 2.08. The van der Waals surface area contributed by atoms with E-state index in [0.29, 0.717) is 0 Å². The van der Waals surface area contributed by atoms with E-state index in [1.54, 1.807) is 0 Å². The fourth-order valence-electron chi connectivity index (χ4n) is 2.59. The van der Waals surface area contributed by atoms with Crippen molar-refractivity contribution in [2.75, 3.05) is 13.2 Å². The molecule has 0 aromatic carbocycles. The third-order valence-electron chi connectivity index (χ3n) is 3.95. The van der Waals surface area contributed by atoms with Crippen LogP contribution >= 0.6 is 0 Å². The molecule has 0 spiro atoms. The summed E-state index contributed by atoms with van der Waals surface area (Å²) >= 11 is 0. The molecule has 1 heterocycles. The monoisotopic (exact) mass is 300 g/mol. The maximum absolute atomic E-state index is 12.1. The van der Waals surface area contributed by atoms with Crippen LogP contribution < -0.4 is 10.3 Å². The van der Waals surface area contributed by atoms with Crippen molar-refractivity contribution < 1.29 is 13.5 Å². The van der Waals surface area contributed by atoms with Crippen LogP contribution in [-0.4, -0.2) is 31.7 Å². The SMILES string of the molecule is O=c1ccc(S(=O)(=O)NCC2(CO)CCCCC2)c[nH]1. The summed E-state index contributed by atoms with van der Waals surface area (Å²) in [5.74, 6) is 0. The Morgan fingerprint density at radius 3 is 2.50 bits per heavy atom. The summed E-state index contributed by atoms with van der Waals surface area (Å²) < 4.78 is 26.8. The van der Waals surface area contributed by atoms with Gasteiger partial charge in [0.25, 0.3) is 0 Å². The summed E-state index contributed by atoms with van der Waals surface area (Å²) in [6, 6.07) is 2.45. The highest BCUT2D eigenvalue weighted by Crippen LogP contribution is 2.35. The average molecular weight is 300 g/mol. The summed E-state index contributed by atoms with van der Waals surface area (Å²) in [6.07, 6.45) is 6.00. The van der Waals surface area contributed by atoms with Gasteiger partial charge in [-0.3, -0.25) is 4.79 Å². The van der Waals surface area contributed by atoms with Gasteiger partial charge in [0.05, 0.1) is 4.90 Å². The molecule has 3 N–H and O–H groups in total. The van der Waals surface area contributed by atoms with E-state index in [9.17, 15) is 18.3 Å². The number of hydrogen-bond donors (Lipinski definition) is 3. The van der Waals surface area contributed by atoms with Crippen LogP contribution in [0.15, 0.2) is 28.0 Å². The highest BCUT2D eigenvalue weighted by atomic mass is 32.2. The maximum atomic E-state index is 12.1. The maximum Gasteiger partial charge on any atom is 0.247 e. The zero-order valence-corrected chi connectivity index (χ0v) is 12.1. The number of nitrogens with one attached hydrogen (secondary N) is 2. The minimum absolute atomic E-state index is 0.0128. The molecule has 0 unspecified atom stereocenters. The molecule has 0 saturated heterocycles. The molecule has 1 saturated carbocycles. The largest absolute Gasteiger partial charge is 0.396 e. The van der Waals surface area contributed by atoms with E-state index in [1.165, 1.54) is 18.3 Å². The van der Waals surface area contributed by atoms with E-state index >= 15 is 0 Å². The molecular weight excluding hydrogens is 280 g/mol. The van der Waals surface area contributed by atoms with Crippen molar-refractivity contribution in [3.05, 3.63) is 28.7 Å². The van der Waals surface area contributed by atoms with Gasteiger partial charge in [-0.15, -0.1) is 0 Å². The Hall–Kier alpha value is -1.18. The zero-order valence-electron chi connectivity index (χ0n) is 11.3. The first-order valence-corrected chi connectivity index (χ1v) is 8.25. The summed E-state index contributed by atoms with van der Waals surface area (Å²) in [5, 5.41) is 9.56. The minimum atomic E-state index is -3.66. The van der Waals surface area contributed by atoms with Crippen LogP contribution in [0.1, 0.15) is 32.1 Å². The summed E-state index contributed by atoms with van der Waals surface area (Å²) in [6.45, 7) is 0.214. The smallest absolute Gasteiger partial charge is 0.247 e. The number of sulfonamides is 1. The number of pyridine rings is 1. The van der Waals surface area contributed by atoms with Crippen molar-refractivity contribution in [3.63, 3.8) is 0 Å². The number of aromatic amines is 1. The zero-order chi connectivity index (χ0) is 14.6. The van der Waals surface area contributed by atoms with Crippen LogP contribution in [0, 0.1) is 5.41 Å². The molecule has 0 amide bonds. The van der Waals surface area contributed by atoms with E-state index < -0.39 is 10.0 Å². The van der Waals surface area contributed by atoms with E-state index in [2.05, 4.69) is 9.71 Å². The minimum Gasteiger partial charge on any atom is -0.396 e. The quantitative estimate of drug-likeness (QED) is 0.741. The van der Waals surface area contributed by atoms with Crippen molar-refractivity contribution in [2.24, 2.45) is 5.41 Å². The lowest BCUT2D eigenvalue weighted by molar-refractivity contribution is 0.0867. The van der Waals surface area contributed by atoms with Crippen molar-refractivity contribution in [3.8, 4) is 0 Å². The molecule has 0 bridgehead atoms. The number of hydrogen-bond acceptors (Lipinski definition) is 4. The highest BCUT2D eigenvalue weighted by molar-refractivity contribution is 7.89. The summed E-state index contributed by atoms with van der Waals surface area (Å²) in [5.41, 5.74) is -0.698. The molecule has 6 nitrogen and oxygen atoms in total. The third-order valence-corrected chi connectivity index (χ3v) is 5.35. The van der Waals surface area contributed by atoms with Gasteiger partial charge in [0, 0.05) is 30.8 Å². The Kier molecular flexibility index (Phi) is 4.62. The second-order valence-electron chi connectivity index (χ2n) is 5.43. The standard InChI is InChI=1S/C13H20N2O4S/c16-10-13(6-2-1-3-7-13)9-15-20(18,19)11-4-5-12(17)14-8-11/h4-5,8,15-16H,1-3,6-7,9-10H2,(H,14,17). The molecule has 20 heavy (non-hydrogen) atoms. The normalized spacial score (nSPS) is 18.9. The van der Waals surface area contributed by atoms with Crippen molar-refractivity contribution in [1.82, 2.24) is 9.71 Å². The first kappa shape index (κ1) is 15.2. The van der Waals surface area contributed by atoms with E-state index in [-0.39, 0.29) is 29.0 Å². The Morgan fingerprint density at radius 1 is 1.25 bits per heavy atom. The predicted molar refractivity (Wildman–Crippen MR) is 74.9 cm³/mol. The lowest BCUT2D eigenvalue weighted by atomic mass is 9.75. The van der Waals surface area contributed by atoms with E-state index in [1.807, 2.05) is 0 Å². The lowest BCUT2D eigenvalue weighted by Gasteiger charge is -2.35. The van der Waals surface area contributed by atoms with E-state index in [4.69, 9.17) is 0 Å². The fraction of sp³-hybridized carbons (Fsp3) is 0.615. The molecule has 2 rings (SSSR count). The molecular formula is C13H20N2O4S. The van der Waals surface area contributed by atoms with Crippen LogP contribution in [0.2, 0.25) is 0 Å². The van der Waals surface area contributed by atoms with Gasteiger partial charge >= 0.3 is 0 Å². The molecule has 0 atom stereocenters. The van der Waals surface area contributed by atoms with Crippen LogP contribution in [0.4, 0.5) is 0 Å². The molecule has 1 aliphatic rings. The number of aliphatic hydroxyl groups excluding tert-OH is 1.